The summed E-state index contributed by atoms with van der Waals surface area (Å²) in [5, 5.41) is 14.0. The summed E-state index contributed by atoms with van der Waals surface area (Å²) >= 11 is 5.89. The zero-order chi connectivity index (χ0) is 17.3. The standard InChI is InChI=1S/C16H17ClN4O3/c1-10(20-8-2-3-13(20)22)16-18-15(19-21(16)9-14(23)24)11-4-6-12(17)7-5-11/h4-7,10H,2-3,8-9H2,1H3,(H,23,24). The number of carboxylic acids is 1. The Kier molecular flexibility index (Phi) is 4.53. The van der Waals surface area contributed by atoms with E-state index in [0.717, 1.165) is 12.0 Å². The van der Waals surface area contributed by atoms with Crippen molar-refractivity contribution in [2.75, 3.05) is 6.54 Å². The van der Waals surface area contributed by atoms with E-state index in [9.17, 15) is 9.59 Å². The van der Waals surface area contributed by atoms with Gasteiger partial charge in [0.2, 0.25) is 5.91 Å². The highest BCUT2D eigenvalue weighted by atomic mass is 35.5. The molecule has 1 amide bonds. The summed E-state index contributed by atoms with van der Waals surface area (Å²) in [6.07, 6.45) is 1.32. The quantitative estimate of drug-likeness (QED) is 0.896. The van der Waals surface area contributed by atoms with Crippen LogP contribution in [0.3, 0.4) is 0 Å². The molecule has 0 spiro atoms. The molecule has 0 aliphatic carbocycles. The fourth-order valence-electron chi connectivity index (χ4n) is 2.85. The number of carbonyl (C=O) groups is 2. The van der Waals surface area contributed by atoms with Gasteiger partial charge in [-0.3, -0.25) is 9.59 Å². The second kappa shape index (κ2) is 6.60. The molecule has 0 bridgehead atoms. The van der Waals surface area contributed by atoms with Gasteiger partial charge >= 0.3 is 5.97 Å². The lowest BCUT2D eigenvalue weighted by Gasteiger charge is -2.23. The molecule has 1 fully saturated rings. The molecule has 2 aromatic rings. The van der Waals surface area contributed by atoms with Gasteiger partial charge in [-0.05, 0) is 37.6 Å². The smallest absolute Gasteiger partial charge is 0.325 e. The zero-order valence-electron chi connectivity index (χ0n) is 13.1. The predicted octanol–water partition coefficient (Wildman–Crippen LogP) is 2.37. The van der Waals surface area contributed by atoms with Crippen molar-refractivity contribution in [1.82, 2.24) is 19.7 Å². The molecule has 126 valence electrons. The van der Waals surface area contributed by atoms with Crippen LogP contribution in [0.25, 0.3) is 11.4 Å². The monoisotopic (exact) mass is 348 g/mol. The molecule has 1 aromatic heterocycles. The van der Waals surface area contributed by atoms with Crippen molar-refractivity contribution in [1.29, 1.82) is 0 Å². The van der Waals surface area contributed by atoms with Crippen LogP contribution in [0.4, 0.5) is 0 Å². The first kappa shape index (κ1) is 16.4. The van der Waals surface area contributed by atoms with Crippen molar-refractivity contribution in [2.24, 2.45) is 0 Å². The van der Waals surface area contributed by atoms with Gasteiger partial charge in [-0.15, -0.1) is 0 Å². The van der Waals surface area contributed by atoms with E-state index in [2.05, 4.69) is 10.1 Å². The third kappa shape index (κ3) is 3.26. The van der Waals surface area contributed by atoms with Gasteiger partial charge in [0.1, 0.15) is 6.54 Å². The summed E-state index contributed by atoms with van der Waals surface area (Å²) < 4.78 is 1.35. The molecule has 1 aliphatic rings. The van der Waals surface area contributed by atoms with E-state index in [1.54, 1.807) is 29.2 Å². The molecular weight excluding hydrogens is 332 g/mol. The normalized spacial score (nSPS) is 15.8. The van der Waals surface area contributed by atoms with Crippen LogP contribution in [0.15, 0.2) is 24.3 Å². The Labute approximate surface area is 143 Å². The maximum atomic E-state index is 12.0. The highest BCUT2D eigenvalue weighted by Gasteiger charge is 2.30. The second-order valence-electron chi connectivity index (χ2n) is 5.72. The number of likely N-dealkylation sites (tertiary alicyclic amines) is 1. The van der Waals surface area contributed by atoms with E-state index in [1.165, 1.54) is 4.68 Å². The lowest BCUT2D eigenvalue weighted by molar-refractivity contribution is -0.138. The van der Waals surface area contributed by atoms with E-state index in [4.69, 9.17) is 16.7 Å². The third-order valence-electron chi connectivity index (χ3n) is 4.04. The first-order chi connectivity index (χ1) is 11.5. The van der Waals surface area contributed by atoms with Crippen molar-refractivity contribution in [3.05, 3.63) is 35.1 Å². The molecule has 1 unspecified atom stereocenters. The Balaban J connectivity index is 1.98. The number of hydrogen-bond acceptors (Lipinski definition) is 4. The Morgan fingerprint density at radius 1 is 1.38 bits per heavy atom. The van der Waals surface area contributed by atoms with Crippen LogP contribution in [0.1, 0.15) is 31.6 Å². The second-order valence-corrected chi connectivity index (χ2v) is 6.15. The number of halogens is 1. The van der Waals surface area contributed by atoms with Crippen molar-refractivity contribution in [2.45, 2.75) is 32.4 Å². The number of carbonyl (C=O) groups excluding carboxylic acids is 1. The van der Waals surface area contributed by atoms with Crippen molar-refractivity contribution in [3.8, 4) is 11.4 Å². The summed E-state index contributed by atoms with van der Waals surface area (Å²) in [7, 11) is 0. The fraction of sp³-hybridized carbons (Fsp3) is 0.375. The third-order valence-corrected chi connectivity index (χ3v) is 4.29. The lowest BCUT2D eigenvalue weighted by Crippen LogP contribution is -2.30. The van der Waals surface area contributed by atoms with Gasteiger partial charge in [0.25, 0.3) is 0 Å². The Morgan fingerprint density at radius 2 is 2.08 bits per heavy atom. The number of hydrogen-bond donors (Lipinski definition) is 1. The highest BCUT2D eigenvalue weighted by molar-refractivity contribution is 6.30. The van der Waals surface area contributed by atoms with Crippen LogP contribution in [-0.4, -0.2) is 43.2 Å². The van der Waals surface area contributed by atoms with E-state index >= 15 is 0 Å². The summed E-state index contributed by atoms with van der Waals surface area (Å²) in [5.41, 5.74) is 0.740. The maximum Gasteiger partial charge on any atom is 0.325 e. The van der Waals surface area contributed by atoms with Crippen molar-refractivity contribution < 1.29 is 14.7 Å². The number of rotatable bonds is 5. The molecule has 0 saturated carbocycles. The van der Waals surface area contributed by atoms with E-state index < -0.39 is 5.97 Å². The van der Waals surface area contributed by atoms with Gasteiger partial charge in [0, 0.05) is 23.6 Å². The minimum absolute atomic E-state index is 0.0559. The number of aromatic nitrogens is 3. The van der Waals surface area contributed by atoms with Gasteiger partial charge in [-0.2, -0.15) is 5.10 Å². The molecule has 1 atom stereocenters. The lowest BCUT2D eigenvalue weighted by atomic mass is 10.2. The minimum Gasteiger partial charge on any atom is -0.480 e. The molecule has 8 heteroatoms. The number of carboxylic acid groups (broad SMARTS) is 1. The summed E-state index contributed by atoms with van der Waals surface area (Å²) in [6, 6.07) is 6.67. The van der Waals surface area contributed by atoms with Gasteiger partial charge in [-0.25, -0.2) is 9.67 Å². The molecule has 2 heterocycles. The summed E-state index contributed by atoms with van der Waals surface area (Å²) in [6.45, 7) is 2.19. The topological polar surface area (TPSA) is 88.3 Å². The van der Waals surface area contributed by atoms with Crippen LogP contribution < -0.4 is 0 Å². The van der Waals surface area contributed by atoms with Crippen LogP contribution in [-0.2, 0) is 16.1 Å². The molecular formula is C16H17ClN4O3. The average molecular weight is 349 g/mol. The van der Waals surface area contributed by atoms with Crippen LogP contribution in [0, 0.1) is 0 Å². The molecule has 3 rings (SSSR count). The van der Waals surface area contributed by atoms with Gasteiger partial charge in [-0.1, -0.05) is 11.6 Å². The average Bonchev–Trinajstić information content (AvgIpc) is 3.13. The first-order valence-electron chi connectivity index (χ1n) is 7.67. The summed E-state index contributed by atoms with van der Waals surface area (Å²) in [5.74, 6) is -0.0665. The largest absolute Gasteiger partial charge is 0.480 e. The van der Waals surface area contributed by atoms with E-state index in [-0.39, 0.29) is 18.5 Å². The Morgan fingerprint density at radius 3 is 2.67 bits per heavy atom. The minimum atomic E-state index is -1.01. The van der Waals surface area contributed by atoms with E-state index in [1.807, 2.05) is 6.92 Å². The van der Waals surface area contributed by atoms with Gasteiger partial charge in [0.05, 0.1) is 6.04 Å². The number of aliphatic carboxylic acids is 1. The molecule has 1 saturated heterocycles. The molecule has 1 aliphatic heterocycles. The van der Waals surface area contributed by atoms with Gasteiger partial charge in [0.15, 0.2) is 11.6 Å². The van der Waals surface area contributed by atoms with Crippen molar-refractivity contribution >= 4 is 23.5 Å². The number of benzene rings is 1. The number of nitrogens with zero attached hydrogens (tertiary/aromatic N) is 4. The Bertz CT molecular complexity index is 772. The molecule has 24 heavy (non-hydrogen) atoms. The zero-order valence-corrected chi connectivity index (χ0v) is 13.9. The highest BCUT2D eigenvalue weighted by Crippen LogP contribution is 2.27. The summed E-state index contributed by atoms with van der Waals surface area (Å²) in [4.78, 5) is 29.3. The van der Waals surface area contributed by atoms with Crippen LogP contribution in [0.2, 0.25) is 5.02 Å². The maximum absolute atomic E-state index is 12.0. The van der Waals surface area contributed by atoms with Crippen LogP contribution >= 0.6 is 11.6 Å². The van der Waals surface area contributed by atoms with Crippen LogP contribution in [0.5, 0.6) is 0 Å². The first-order valence-corrected chi connectivity index (χ1v) is 8.05. The molecule has 1 N–H and O–H groups in total. The molecule has 1 aromatic carbocycles. The van der Waals surface area contributed by atoms with E-state index in [0.29, 0.717) is 29.6 Å². The van der Waals surface area contributed by atoms with Crippen molar-refractivity contribution in [3.63, 3.8) is 0 Å². The SMILES string of the molecule is CC(c1nc(-c2ccc(Cl)cc2)nn1CC(=O)O)N1CCCC1=O. The fourth-order valence-corrected chi connectivity index (χ4v) is 2.97. The molecule has 7 nitrogen and oxygen atoms in total. The van der Waals surface area contributed by atoms with Gasteiger partial charge < -0.3 is 10.0 Å². The number of amides is 1. The Hall–Kier alpha value is -2.41. The predicted molar refractivity (Wildman–Crippen MR) is 87.5 cm³/mol. The molecule has 0 radical (unpaired) electrons.